The Labute approximate surface area is 150 Å². The van der Waals surface area contributed by atoms with Crippen molar-refractivity contribution in [3.63, 3.8) is 0 Å². The number of carbonyl (C=O) groups excluding carboxylic acids is 1. The summed E-state index contributed by atoms with van der Waals surface area (Å²) in [4.78, 5) is 12.2. The number of halogens is 1. The number of aromatic nitrogens is 1. The van der Waals surface area contributed by atoms with Gasteiger partial charge >= 0.3 is 5.97 Å². The number of hydrogen-bond donors (Lipinski definition) is 0. The van der Waals surface area contributed by atoms with Gasteiger partial charge in [-0.05, 0) is 49.7 Å². The molecule has 0 unspecified atom stereocenters. The zero-order valence-electron chi connectivity index (χ0n) is 14.5. The smallest absolute Gasteiger partial charge is 0.338 e. The molecule has 0 amide bonds. The fourth-order valence-electron chi connectivity index (χ4n) is 2.39. The Bertz CT molecular complexity index is 883. The molecule has 0 atom stereocenters. The van der Waals surface area contributed by atoms with Crippen LogP contribution in [0.5, 0.6) is 5.75 Å². The standard InChI is InChI=1S/C20H18FNO4/c1-13-19(14(2)26-22-13)12-24-18-5-3-4-16(10-18)20(23)25-11-15-6-8-17(21)9-7-15/h3-10H,11-12H2,1-2H3. The zero-order chi connectivity index (χ0) is 18.5. The van der Waals surface area contributed by atoms with Crippen LogP contribution in [0.4, 0.5) is 4.39 Å². The van der Waals surface area contributed by atoms with Crippen LogP contribution in [-0.2, 0) is 18.0 Å². The average Bonchev–Trinajstić information content (AvgIpc) is 2.97. The predicted molar refractivity (Wildman–Crippen MR) is 92.3 cm³/mol. The number of ether oxygens (including phenoxy) is 2. The summed E-state index contributed by atoms with van der Waals surface area (Å²) in [6.45, 7) is 4.04. The van der Waals surface area contributed by atoms with E-state index in [-0.39, 0.29) is 12.4 Å². The molecule has 0 spiro atoms. The third-order valence-corrected chi connectivity index (χ3v) is 3.92. The van der Waals surface area contributed by atoms with Gasteiger partial charge in [0.2, 0.25) is 0 Å². The molecule has 26 heavy (non-hydrogen) atoms. The number of nitrogens with zero attached hydrogens (tertiary/aromatic N) is 1. The SMILES string of the molecule is Cc1noc(C)c1COc1cccc(C(=O)OCc2ccc(F)cc2)c1. The first-order valence-corrected chi connectivity index (χ1v) is 8.09. The summed E-state index contributed by atoms with van der Waals surface area (Å²) in [6, 6.07) is 12.5. The Morgan fingerprint density at radius 2 is 1.88 bits per heavy atom. The third-order valence-electron chi connectivity index (χ3n) is 3.92. The van der Waals surface area contributed by atoms with Gasteiger partial charge in [0.1, 0.15) is 30.5 Å². The minimum Gasteiger partial charge on any atom is -0.489 e. The van der Waals surface area contributed by atoms with Gasteiger partial charge in [0, 0.05) is 0 Å². The Morgan fingerprint density at radius 3 is 2.58 bits per heavy atom. The Morgan fingerprint density at radius 1 is 1.12 bits per heavy atom. The lowest BCUT2D eigenvalue weighted by atomic mass is 10.2. The monoisotopic (exact) mass is 355 g/mol. The maximum absolute atomic E-state index is 12.9. The summed E-state index contributed by atoms with van der Waals surface area (Å²) in [5, 5.41) is 3.88. The summed E-state index contributed by atoms with van der Waals surface area (Å²) in [7, 11) is 0. The fourth-order valence-corrected chi connectivity index (χ4v) is 2.39. The first kappa shape index (κ1) is 17.7. The minimum atomic E-state index is -0.475. The van der Waals surface area contributed by atoms with Gasteiger partial charge in [0.25, 0.3) is 0 Å². The number of hydrogen-bond acceptors (Lipinski definition) is 5. The van der Waals surface area contributed by atoms with Crippen molar-refractivity contribution < 1.29 is 23.2 Å². The highest BCUT2D eigenvalue weighted by Gasteiger charge is 2.12. The van der Waals surface area contributed by atoms with Gasteiger partial charge in [-0.25, -0.2) is 9.18 Å². The van der Waals surface area contributed by atoms with E-state index in [1.165, 1.54) is 12.1 Å². The van der Waals surface area contributed by atoms with E-state index >= 15 is 0 Å². The molecular formula is C20H18FNO4. The van der Waals surface area contributed by atoms with Crippen molar-refractivity contribution in [1.82, 2.24) is 5.16 Å². The largest absolute Gasteiger partial charge is 0.489 e. The molecule has 0 aliphatic rings. The van der Waals surface area contributed by atoms with Gasteiger partial charge < -0.3 is 14.0 Å². The molecule has 0 N–H and O–H groups in total. The van der Waals surface area contributed by atoms with E-state index in [9.17, 15) is 9.18 Å². The molecule has 0 saturated carbocycles. The number of carbonyl (C=O) groups is 1. The van der Waals surface area contributed by atoms with Gasteiger partial charge in [-0.1, -0.05) is 23.4 Å². The molecule has 0 bridgehead atoms. The fraction of sp³-hybridized carbons (Fsp3) is 0.200. The summed E-state index contributed by atoms with van der Waals surface area (Å²) >= 11 is 0. The Kier molecular flexibility index (Phi) is 5.31. The van der Waals surface area contributed by atoms with Crippen LogP contribution < -0.4 is 4.74 Å². The van der Waals surface area contributed by atoms with Crippen LogP contribution in [0.25, 0.3) is 0 Å². The van der Waals surface area contributed by atoms with E-state index in [1.54, 1.807) is 36.4 Å². The van der Waals surface area contributed by atoms with Crippen LogP contribution >= 0.6 is 0 Å². The van der Waals surface area contributed by atoms with Crippen LogP contribution in [-0.4, -0.2) is 11.1 Å². The van der Waals surface area contributed by atoms with Crippen molar-refractivity contribution in [2.45, 2.75) is 27.1 Å². The molecule has 6 heteroatoms. The van der Waals surface area contributed by atoms with Crippen molar-refractivity contribution in [1.29, 1.82) is 0 Å². The molecular weight excluding hydrogens is 337 g/mol. The lowest BCUT2D eigenvalue weighted by molar-refractivity contribution is 0.0472. The van der Waals surface area contributed by atoms with Crippen molar-refractivity contribution in [2.24, 2.45) is 0 Å². The summed E-state index contributed by atoms with van der Waals surface area (Å²) in [5.74, 6) is 0.443. The molecule has 1 heterocycles. The molecule has 1 aromatic heterocycles. The minimum absolute atomic E-state index is 0.0727. The van der Waals surface area contributed by atoms with Gasteiger partial charge in [0.15, 0.2) is 0 Å². The maximum Gasteiger partial charge on any atom is 0.338 e. The van der Waals surface area contributed by atoms with E-state index in [0.29, 0.717) is 29.2 Å². The summed E-state index contributed by atoms with van der Waals surface area (Å²) in [5.41, 5.74) is 2.75. The molecule has 0 radical (unpaired) electrons. The quantitative estimate of drug-likeness (QED) is 0.615. The normalized spacial score (nSPS) is 10.6. The van der Waals surface area contributed by atoms with Crippen molar-refractivity contribution >= 4 is 5.97 Å². The molecule has 0 aliphatic carbocycles. The van der Waals surface area contributed by atoms with E-state index in [2.05, 4.69) is 5.16 Å². The Hall–Kier alpha value is -3.15. The highest BCUT2D eigenvalue weighted by molar-refractivity contribution is 5.89. The van der Waals surface area contributed by atoms with Crippen molar-refractivity contribution in [3.05, 3.63) is 82.5 Å². The molecule has 0 fully saturated rings. The lowest BCUT2D eigenvalue weighted by Gasteiger charge is -2.08. The second kappa shape index (κ2) is 7.82. The second-order valence-corrected chi connectivity index (χ2v) is 5.82. The average molecular weight is 355 g/mol. The maximum atomic E-state index is 12.9. The Balaban J connectivity index is 1.61. The van der Waals surface area contributed by atoms with Gasteiger partial charge in [0.05, 0.1) is 16.8 Å². The number of rotatable bonds is 6. The molecule has 3 aromatic rings. The topological polar surface area (TPSA) is 61.6 Å². The number of esters is 1. The van der Waals surface area contributed by atoms with E-state index in [0.717, 1.165) is 11.3 Å². The lowest BCUT2D eigenvalue weighted by Crippen LogP contribution is -2.06. The highest BCUT2D eigenvalue weighted by Crippen LogP contribution is 2.19. The van der Waals surface area contributed by atoms with Crippen LogP contribution in [0.15, 0.2) is 53.1 Å². The van der Waals surface area contributed by atoms with Crippen molar-refractivity contribution in [2.75, 3.05) is 0 Å². The van der Waals surface area contributed by atoms with E-state index < -0.39 is 5.97 Å². The molecule has 2 aromatic carbocycles. The van der Waals surface area contributed by atoms with Crippen LogP contribution in [0.2, 0.25) is 0 Å². The summed E-state index contributed by atoms with van der Waals surface area (Å²) in [6.07, 6.45) is 0. The highest BCUT2D eigenvalue weighted by atomic mass is 19.1. The predicted octanol–water partition coefficient (Wildman–Crippen LogP) is 4.37. The van der Waals surface area contributed by atoms with Gasteiger partial charge in [-0.2, -0.15) is 0 Å². The van der Waals surface area contributed by atoms with Gasteiger partial charge in [-0.3, -0.25) is 0 Å². The summed E-state index contributed by atoms with van der Waals surface area (Å²) < 4.78 is 29.0. The molecule has 0 aliphatic heterocycles. The zero-order valence-corrected chi connectivity index (χ0v) is 14.5. The van der Waals surface area contributed by atoms with Crippen LogP contribution in [0.3, 0.4) is 0 Å². The first-order chi connectivity index (χ1) is 12.5. The van der Waals surface area contributed by atoms with E-state index in [1.807, 2.05) is 13.8 Å². The second-order valence-electron chi connectivity index (χ2n) is 5.82. The van der Waals surface area contributed by atoms with Crippen LogP contribution in [0, 0.1) is 19.7 Å². The van der Waals surface area contributed by atoms with Gasteiger partial charge in [-0.15, -0.1) is 0 Å². The molecule has 3 rings (SSSR count). The molecule has 0 saturated heterocycles. The van der Waals surface area contributed by atoms with Crippen molar-refractivity contribution in [3.8, 4) is 5.75 Å². The number of benzene rings is 2. The van der Waals surface area contributed by atoms with Crippen LogP contribution in [0.1, 0.15) is 32.9 Å². The molecule has 5 nitrogen and oxygen atoms in total. The third kappa shape index (κ3) is 4.27. The van der Waals surface area contributed by atoms with E-state index in [4.69, 9.17) is 14.0 Å². The molecule has 134 valence electrons. The first-order valence-electron chi connectivity index (χ1n) is 8.09. The number of aryl methyl sites for hydroxylation is 2.